The standard InChI is InChI=1S/C10H21N/c1-8(2)10-5-6-11(4)9(3)7-10/h8-10H,5-7H2,1-4H3/t9-,10-/m0/s1. The number of hydrogen-bond acceptors (Lipinski definition) is 1. The minimum Gasteiger partial charge on any atom is -0.304 e. The van der Waals surface area contributed by atoms with E-state index >= 15 is 0 Å². The van der Waals surface area contributed by atoms with E-state index in [2.05, 4.69) is 32.7 Å². The lowest BCUT2D eigenvalue weighted by Gasteiger charge is -2.36. The van der Waals surface area contributed by atoms with E-state index in [9.17, 15) is 0 Å². The van der Waals surface area contributed by atoms with Gasteiger partial charge >= 0.3 is 0 Å². The van der Waals surface area contributed by atoms with Crippen LogP contribution in [-0.4, -0.2) is 24.5 Å². The molecule has 0 N–H and O–H groups in total. The monoisotopic (exact) mass is 155 g/mol. The summed E-state index contributed by atoms with van der Waals surface area (Å²) in [6, 6.07) is 0.802. The topological polar surface area (TPSA) is 3.24 Å². The summed E-state index contributed by atoms with van der Waals surface area (Å²) < 4.78 is 0. The molecular formula is C10H21N. The van der Waals surface area contributed by atoms with Gasteiger partial charge in [0.05, 0.1) is 0 Å². The van der Waals surface area contributed by atoms with Crippen LogP contribution in [-0.2, 0) is 0 Å². The number of rotatable bonds is 1. The first kappa shape index (κ1) is 9.05. The molecule has 0 radical (unpaired) electrons. The highest BCUT2D eigenvalue weighted by Crippen LogP contribution is 2.27. The molecule has 1 aliphatic rings. The van der Waals surface area contributed by atoms with E-state index in [0.29, 0.717) is 0 Å². The van der Waals surface area contributed by atoms with Crippen LogP contribution in [0.2, 0.25) is 0 Å². The van der Waals surface area contributed by atoms with E-state index < -0.39 is 0 Å². The van der Waals surface area contributed by atoms with E-state index in [-0.39, 0.29) is 0 Å². The Morgan fingerprint density at radius 1 is 1.36 bits per heavy atom. The van der Waals surface area contributed by atoms with Gasteiger partial charge in [-0.1, -0.05) is 13.8 Å². The summed E-state index contributed by atoms with van der Waals surface area (Å²) in [4.78, 5) is 2.47. The van der Waals surface area contributed by atoms with Gasteiger partial charge in [0.1, 0.15) is 0 Å². The number of nitrogens with zero attached hydrogens (tertiary/aromatic N) is 1. The van der Waals surface area contributed by atoms with Crippen molar-refractivity contribution in [2.24, 2.45) is 11.8 Å². The fraction of sp³-hybridized carbons (Fsp3) is 1.00. The summed E-state index contributed by atoms with van der Waals surface area (Å²) in [5.41, 5.74) is 0. The highest BCUT2D eigenvalue weighted by atomic mass is 15.1. The number of likely N-dealkylation sites (tertiary alicyclic amines) is 1. The van der Waals surface area contributed by atoms with Crippen LogP contribution < -0.4 is 0 Å². The van der Waals surface area contributed by atoms with E-state index in [1.807, 2.05) is 0 Å². The van der Waals surface area contributed by atoms with Crippen molar-refractivity contribution in [1.29, 1.82) is 0 Å². The average Bonchev–Trinajstić information content (AvgIpc) is 1.94. The van der Waals surface area contributed by atoms with E-state index in [4.69, 9.17) is 0 Å². The van der Waals surface area contributed by atoms with Crippen LogP contribution in [0.5, 0.6) is 0 Å². The third-order valence-electron chi connectivity index (χ3n) is 3.19. The Morgan fingerprint density at radius 2 is 2.00 bits per heavy atom. The normalized spacial score (nSPS) is 34.6. The van der Waals surface area contributed by atoms with Crippen LogP contribution in [0.4, 0.5) is 0 Å². The molecular weight excluding hydrogens is 134 g/mol. The molecule has 1 saturated heterocycles. The van der Waals surface area contributed by atoms with Gasteiger partial charge in [-0.05, 0) is 45.2 Å². The van der Waals surface area contributed by atoms with Crippen LogP contribution in [0.3, 0.4) is 0 Å². The Labute approximate surface area is 70.8 Å². The molecule has 1 heteroatoms. The lowest BCUT2D eigenvalue weighted by atomic mass is 9.84. The van der Waals surface area contributed by atoms with Gasteiger partial charge in [0.25, 0.3) is 0 Å². The zero-order valence-electron chi connectivity index (χ0n) is 8.30. The van der Waals surface area contributed by atoms with Gasteiger partial charge in [-0.15, -0.1) is 0 Å². The lowest BCUT2D eigenvalue weighted by molar-refractivity contribution is 0.129. The second kappa shape index (κ2) is 3.57. The summed E-state index contributed by atoms with van der Waals surface area (Å²) in [6.07, 6.45) is 2.80. The molecule has 1 rings (SSSR count). The highest BCUT2D eigenvalue weighted by molar-refractivity contribution is 4.77. The first-order chi connectivity index (χ1) is 5.11. The third kappa shape index (κ3) is 2.19. The number of piperidine rings is 1. The van der Waals surface area contributed by atoms with Gasteiger partial charge in [-0.3, -0.25) is 0 Å². The molecule has 0 aliphatic carbocycles. The maximum Gasteiger partial charge on any atom is 0.00666 e. The van der Waals surface area contributed by atoms with Crippen molar-refractivity contribution in [1.82, 2.24) is 4.90 Å². The molecule has 66 valence electrons. The lowest BCUT2D eigenvalue weighted by Crippen LogP contribution is -2.39. The molecule has 1 fully saturated rings. The molecule has 0 aromatic heterocycles. The second-order valence-electron chi connectivity index (χ2n) is 4.36. The molecule has 0 aromatic carbocycles. The van der Waals surface area contributed by atoms with Crippen LogP contribution in [0.1, 0.15) is 33.6 Å². The summed E-state index contributed by atoms with van der Waals surface area (Å²) in [5.74, 6) is 1.85. The first-order valence-corrected chi connectivity index (χ1v) is 4.81. The van der Waals surface area contributed by atoms with Gasteiger partial charge in [0.2, 0.25) is 0 Å². The van der Waals surface area contributed by atoms with Gasteiger partial charge in [0, 0.05) is 6.04 Å². The van der Waals surface area contributed by atoms with Crippen LogP contribution in [0, 0.1) is 11.8 Å². The molecule has 1 heterocycles. The minimum absolute atomic E-state index is 0.802. The summed E-state index contributed by atoms with van der Waals surface area (Å²) in [6.45, 7) is 8.34. The Balaban J connectivity index is 2.40. The van der Waals surface area contributed by atoms with Crippen LogP contribution in [0.25, 0.3) is 0 Å². The number of hydrogen-bond donors (Lipinski definition) is 0. The van der Waals surface area contributed by atoms with Gasteiger partial charge in [-0.2, -0.15) is 0 Å². The fourth-order valence-corrected chi connectivity index (χ4v) is 1.93. The minimum atomic E-state index is 0.802. The fourth-order valence-electron chi connectivity index (χ4n) is 1.93. The Morgan fingerprint density at radius 3 is 2.45 bits per heavy atom. The highest BCUT2D eigenvalue weighted by Gasteiger charge is 2.24. The van der Waals surface area contributed by atoms with Gasteiger partial charge in [0.15, 0.2) is 0 Å². The Kier molecular flexibility index (Phi) is 2.94. The van der Waals surface area contributed by atoms with E-state index in [0.717, 1.165) is 17.9 Å². The molecule has 11 heavy (non-hydrogen) atoms. The summed E-state index contributed by atoms with van der Waals surface area (Å²) >= 11 is 0. The van der Waals surface area contributed by atoms with Crippen molar-refractivity contribution < 1.29 is 0 Å². The molecule has 0 aromatic rings. The zero-order valence-corrected chi connectivity index (χ0v) is 8.30. The van der Waals surface area contributed by atoms with Crippen molar-refractivity contribution in [2.75, 3.05) is 13.6 Å². The molecule has 0 bridgehead atoms. The van der Waals surface area contributed by atoms with Crippen LogP contribution in [0.15, 0.2) is 0 Å². The van der Waals surface area contributed by atoms with Gasteiger partial charge in [-0.25, -0.2) is 0 Å². The molecule has 2 atom stereocenters. The van der Waals surface area contributed by atoms with Crippen molar-refractivity contribution in [3.63, 3.8) is 0 Å². The van der Waals surface area contributed by atoms with E-state index in [1.165, 1.54) is 19.4 Å². The maximum absolute atomic E-state index is 2.47. The van der Waals surface area contributed by atoms with Crippen molar-refractivity contribution in [3.8, 4) is 0 Å². The molecule has 1 nitrogen and oxygen atoms in total. The second-order valence-corrected chi connectivity index (χ2v) is 4.36. The predicted molar refractivity (Wildman–Crippen MR) is 49.7 cm³/mol. The van der Waals surface area contributed by atoms with Crippen molar-refractivity contribution in [2.45, 2.75) is 39.7 Å². The largest absolute Gasteiger partial charge is 0.304 e. The van der Waals surface area contributed by atoms with Gasteiger partial charge < -0.3 is 4.90 Å². The van der Waals surface area contributed by atoms with Crippen LogP contribution >= 0.6 is 0 Å². The van der Waals surface area contributed by atoms with E-state index in [1.54, 1.807) is 0 Å². The molecule has 0 spiro atoms. The predicted octanol–water partition coefficient (Wildman–Crippen LogP) is 2.37. The third-order valence-corrected chi connectivity index (χ3v) is 3.19. The Hall–Kier alpha value is -0.0400. The quantitative estimate of drug-likeness (QED) is 0.562. The smallest absolute Gasteiger partial charge is 0.00666 e. The zero-order chi connectivity index (χ0) is 8.43. The summed E-state index contributed by atoms with van der Waals surface area (Å²) in [7, 11) is 2.24. The average molecular weight is 155 g/mol. The Bertz CT molecular complexity index is 120. The first-order valence-electron chi connectivity index (χ1n) is 4.81. The maximum atomic E-state index is 2.47. The molecule has 1 aliphatic heterocycles. The molecule has 0 unspecified atom stereocenters. The molecule has 0 amide bonds. The SMILES string of the molecule is CC(C)[C@H]1CCN(C)[C@@H](C)C1. The summed E-state index contributed by atoms with van der Waals surface area (Å²) in [5, 5.41) is 0. The molecule has 0 saturated carbocycles. The van der Waals surface area contributed by atoms with Crippen molar-refractivity contribution >= 4 is 0 Å². The van der Waals surface area contributed by atoms with Crippen molar-refractivity contribution in [3.05, 3.63) is 0 Å².